The summed E-state index contributed by atoms with van der Waals surface area (Å²) in [6.45, 7) is 6.64. The molecule has 1 aliphatic heterocycles. The number of hydrogen-bond acceptors (Lipinski definition) is 0. The lowest BCUT2D eigenvalue weighted by Gasteiger charge is -2.15. The first-order valence-corrected chi connectivity index (χ1v) is 6.97. The van der Waals surface area contributed by atoms with Crippen molar-refractivity contribution in [2.24, 2.45) is 0 Å². The van der Waals surface area contributed by atoms with Crippen molar-refractivity contribution >= 4 is 5.70 Å². The van der Waals surface area contributed by atoms with Crippen molar-refractivity contribution in [1.82, 2.24) is 5.32 Å². The van der Waals surface area contributed by atoms with E-state index in [4.69, 9.17) is 0 Å². The highest BCUT2D eigenvalue weighted by Crippen LogP contribution is 2.28. The van der Waals surface area contributed by atoms with Gasteiger partial charge in [-0.25, -0.2) is 0 Å². The normalized spacial score (nSPS) is 14.2. The van der Waals surface area contributed by atoms with Crippen molar-refractivity contribution in [2.45, 2.75) is 46.5 Å². The fourth-order valence-corrected chi connectivity index (χ4v) is 2.59. The highest BCUT2D eigenvalue weighted by Gasteiger charge is 2.15. The van der Waals surface area contributed by atoms with E-state index in [1.54, 1.807) is 0 Å². The summed E-state index contributed by atoms with van der Waals surface area (Å²) < 4.78 is 0. The van der Waals surface area contributed by atoms with Gasteiger partial charge in [-0.2, -0.15) is 0 Å². The molecule has 1 aromatic carbocycles. The first kappa shape index (κ1) is 12.9. The van der Waals surface area contributed by atoms with Crippen molar-refractivity contribution in [1.29, 1.82) is 0 Å². The Kier molecular flexibility index (Phi) is 4.24. The minimum Gasteiger partial charge on any atom is -0.256 e. The monoisotopic (exact) mass is 240 g/mol. The Hall–Kier alpha value is -1.50. The van der Waals surface area contributed by atoms with Crippen molar-refractivity contribution in [3.05, 3.63) is 52.7 Å². The third-order valence-corrected chi connectivity index (χ3v) is 3.45. The molecule has 0 atom stereocenters. The molecule has 0 saturated heterocycles. The maximum Gasteiger partial charge on any atom is 0.0734 e. The summed E-state index contributed by atoms with van der Waals surface area (Å²) in [6.07, 6.45) is 8.71. The predicted molar refractivity (Wildman–Crippen MR) is 78.3 cm³/mol. The summed E-state index contributed by atoms with van der Waals surface area (Å²) in [7, 11) is 0. The lowest BCUT2D eigenvalue weighted by Crippen LogP contribution is -2.03. The first-order chi connectivity index (χ1) is 8.77. The molecule has 18 heavy (non-hydrogen) atoms. The Labute approximate surface area is 111 Å². The molecule has 0 amide bonds. The maximum absolute atomic E-state index is 4.53. The Morgan fingerprint density at radius 3 is 2.44 bits per heavy atom. The standard InChI is InChI=1S/C17H22N/c1-4-7-14-9-6-10-16(15(14)8-5-2)17-13(3)11-12-18-17/h6,9-12H,4-5,7-8H2,1-3H3. The smallest absolute Gasteiger partial charge is 0.0734 e. The third-order valence-electron chi connectivity index (χ3n) is 3.45. The third kappa shape index (κ3) is 2.50. The number of allylic oxidation sites excluding steroid dienone is 2. The van der Waals surface area contributed by atoms with E-state index in [0.717, 1.165) is 12.1 Å². The van der Waals surface area contributed by atoms with Gasteiger partial charge in [0.15, 0.2) is 0 Å². The molecule has 0 N–H and O–H groups in total. The average molecular weight is 240 g/mol. The van der Waals surface area contributed by atoms with Crippen molar-refractivity contribution in [2.75, 3.05) is 0 Å². The lowest BCUT2D eigenvalue weighted by molar-refractivity contribution is 0.857. The van der Waals surface area contributed by atoms with E-state index in [2.05, 4.69) is 50.4 Å². The summed E-state index contributed by atoms with van der Waals surface area (Å²) in [5, 5.41) is 4.53. The zero-order valence-corrected chi connectivity index (χ0v) is 11.7. The van der Waals surface area contributed by atoms with Crippen LogP contribution in [0.15, 0.2) is 36.0 Å². The molecule has 0 saturated carbocycles. The van der Waals surface area contributed by atoms with Crippen molar-refractivity contribution in [3.8, 4) is 0 Å². The van der Waals surface area contributed by atoms with Crippen LogP contribution in [0.25, 0.3) is 5.70 Å². The molecule has 1 radical (unpaired) electrons. The summed E-state index contributed by atoms with van der Waals surface area (Å²) in [5.74, 6) is 0. The molecule has 0 spiro atoms. The molecule has 1 heterocycles. The van der Waals surface area contributed by atoms with Gasteiger partial charge in [0.2, 0.25) is 0 Å². The largest absolute Gasteiger partial charge is 0.256 e. The van der Waals surface area contributed by atoms with Crippen LogP contribution in [0, 0.1) is 0 Å². The number of benzene rings is 1. The zero-order valence-electron chi connectivity index (χ0n) is 11.7. The Morgan fingerprint density at radius 2 is 1.83 bits per heavy atom. The van der Waals surface area contributed by atoms with Gasteiger partial charge in [-0.3, -0.25) is 5.32 Å². The van der Waals surface area contributed by atoms with Crippen LogP contribution in [-0.2, 0) is 12.8 Å². The molecule has 0 unspecified atom stereocenters. The highest BCUT2D eigenvalue weighted by molar-refractivity contribution is 5.74. The van der Waals surface area contributed by atoms with Crippen molar-refractivity contribution < 1.29 is 0 Å². The highest BCUT2D eigenvalue weighted by atomic mass is 14.9. The van der Waals surface area contributed by atoms with Crippen LogP contribution >= 0.6 is 0 Å². The molecular formula is C17H22N. The molecule has 1 nitrogen and oxygen atoms in total. The molecule has 0 aliphatic carbocycles. The molecule has 1 aliphatic rings. The van der Waals surface area contributed by atoms with Crippen LogP contribution in [0.3, 0.4) is 0 Å². The summed E-state index contributed by atoms with van der Waals surface area (Å²) in [4.78, 5) is 0. The van der Waals surface area contributed by atoms with Gasteiger partial charge >= 0.3 is 0 Å². The average Bonchev–Trinajstić information content (AvgIpc) is 2.78. The van der Waals surface area contributed by atoms with E-state index in [9.17, 15) is 0 Å². The van der Waals surface area contributed by atoms with Crippen LogP contribution in [0.1, 0.15) is 50.3 Å². The fraction of sp³-hybridized carbons (Fsp3) is 0.412. The Morgan fingerprint density at radius 1 is 1.06 bits per heavy atom. The van der Waals surface area contributed by atoms with E-state index < -0.39 is 0 Å². The number of aryl methyl sites for hydroxylation is 1. The molecule has 2 rings (SSSR count). The molecule has 0 bridgehead atoms. The maximum atomic E-state index is 4.53. The summed E-state index contributed by atoms with van der Waals surface area (Å²) >= 11 is 0. The second-order valence-corrected chi connectivity index (χ2v) is 4.92. The number of rotatable bonds is 5. The second-order valence-electron chi connectivity index (χ2n) is 4.92. The van der Waals surface area contributed by atoms with Gasteiger partial charge in [0.1, 0.15) is 0 Å². The van der Waals surface area contributed by atoms with E-state index in [-0.39, 0.29) is 0 Å². The van der Waals surface area contributed by atoms with Crippen molar-refractivity contribution in [3.63, 3.8) is 0 Å². The van der Waals surface area contributed by atoms with Gasteiger partial charge in [-0.15, -0.1) is 0 Å². The van der Waals surface area contributed by atoms with Gasteiger partial charge in [0.05, 0.1) is 5.70 Å². The molecule has 1 aromatic rings. The first-order valence-electron chi connectivity index (χ1n) is 6.97. The van der Waals surface area contributed by atoms with Gasteiger partial charge in [-0.1, -0.05) is 44.9 Å². The summed E-state index contributed by atoms with van der Waals surface area (Å²) in [6, 6.07) is 6.67. The molecule has 0 aromatic heterocycles. The molecule has 1 heteroatoms. The SMILES string of the molecule is CCCc1cccc(C2=C(C)C=C[N]2)c1CCC. The van der Waals surface area contributed by atoms with E-state index in [0.29, 0.717) is 0 Å². The fourth-order valence-electron chi connectivity index (χ4n) is 2.59. The minimum atomic E-state index is 1.15. The quantitative estimate of drug-likeness (QED) is 0.721. The topological polar surface area (TPSA) is 14.1 Å². The van der Waals surface area contributed by atoms with Crippen LogP contribution in [-0.4, -0.2) is 0 Å². The minimum absolute atomic E-state index is 1.15. The zero-order chi connectivity index (χ0) is 13.0. The molecule has 95 valence electrons. The predicted octanol–water partition coefficient (Wildman–Crippen LogP) is 4.45. The van der Waals surface area contributed by atoms with Crippen LogP contribution < -0.4 is 5.32 Å². The van der Waals surface area contributed by atoms with Crippen LogP contribution in [0.5, 0.6) is 0 Å². The van der Waals surface area contributed by atoms with Crippen LogP contribution in [0.4, 0.5) is 0 Å². The lowest BCUT2D eigenvalue weighted by atomic mass is 9.92. The molecule has 0 fully saturated rings. The number of hydrogen-bond donors (Lipinski definition) is 0. The van der Waals surface area contributed by atoms with E-state index in [1.165, 1.54) is 41.5 Å². The van der Waals surface area contributed by atoms with Gasteiger partial charge < -0.3 is 0 Å². The van der Waals surface area contributed by atoms with Gasteiger partial charge in [-0.05, 0) is 42.5 Å². The van der Waals surface area contributed by atoms with E-state index in [1.807, 2.05) is 6.20 Å². The Balaban J connectivity index is 2.46. The molecular weight excluding hydrogens is 218 g/mol. The number of nitrogens with zero attached hydrogens (tertiary/aromatic N) is 1. The van der Waals surface area contributed by atoms with E-state index >= 15 is 0 Å². The summed E-state index contributed by atoms with van der Waals surface area (Å²) in [5.41, 5.74) is 6.78. The second kappa shape index (κ2) is 5.90. The Bertz CT molecular complexity index is 480. The van der Waals surface area contributed by atoms with Gasteiger partial charge in [0.25, 0.3) is 0 Å². The van der Waals surface area contributed by atoms with Crippen LogP contribution in [0.2, 0.25) is 0 Å². The van der Waals surface area contributed by atoms with Gasteiger partial charge in [0, 0.05) is 11.8 Å².